The normalized spacial score (nSPS) is 15.6. The fraction of sp³-hybridized carbons (Fsp3) is 0.500. The predicted octanol–water partition coefficient (Wildman–Crippen LogP) is 5.15. The van der Waals surface area contributed by atoms with E-state index in [0.29, 0.717) is 0 Å². The maximum atomic E-state index is 14.2. The zero-order valence-electron chi connectivity index (χ0n) is 22.3. The number of carbonyl (C=O) groups excluding carboxylic acids is 3. The Kier molecular flexibility index (Phi) is 8.93. The van der Waals surface area contributed by atoms with E-state index < -0.39 is 17.0 Å². The quantitative estimate of drug-likeness (QED) is 0.502. The monoisotopic (exact) mass is 491 g/mol. The molecule has 194 valence electrons. The molecule has 1 unspecified atom stereocenters. The molecular weight excluding hydrogens is 450 g/mol. The average molecular weight is 492 g/mol. The fourth-order valence-electron chi connectivity index (χ4n) is 4.65. The summed E-state index contributed by atoms with van der Waals surface area (Å²) in [5.74, 6) is -0.956. The Morgan fingerprint density at radius 1 is 0.861 bits per heavy atom. The van der Waals surface area contributed by atoms with E-state index in [9.17, 15) is 14.4 Å². The van der Waals surface area contributed by atoms with Gasteiger partial charge < -0.3 is 15.5 Å². The van der Waals surface area contributed by atoms with Crippen molar-refractivity contribution in [1.29, 1.82) is 0 Å². The van der Waals surface area contributed by atoms with E-state index in [2.05, 4.69) is 10.6 Å². The Morgan fingerprint density at radius 3 is 1.97 bits per heavy atom. The standard InChI is InChI=1S/C30H41N3O3/c1-29(2,3)32-27(35)30(4,5)28(36)33(21-22-15-9-6-10-16-22)25(23-17-11-7-12-18-23)26(34)31-24-19-13-8-14-20-24/h6-7,9-12,15-18,24-25H,8,13-14,19-21H2,1-5H3,(H,31,34)(H,32,35). The van der Waals surface area contributed by atoms with Crippen molar-refractivity contribution < 1.29 is 14.4 Å². The summed E-state index contributed by atoms with van der Waals surface area (Å²) in [5, 5.41) is 6.17. The van der Waals surface area contributed by atoms with Gasteiger partial charge >= 0.3 is 0 Å². The van der Waals surface area contributed by atoms with Crippen LogP contribution in [0.2, 0.25) is 0 Å². The molecule has 0 aliphatic heterocycles. The molecule has 1 aliphatic rings. The first-order valence-electron chi connectivity index (χ1n) is 13.0. The third-order valence-electron chi connectivity index (χ3n) is 6.67. The summed E-state index contributed by atoms with van der Waals surface area (Å²) in [6.45, 7) is 9.14. The van der Waals surface area contributed by atoms with Crippen molar-refractivity contribution in [3.05, 3.63) is 71.8 Å². The summed E-state index contributed by atoms with van der Waals surface area (Å²) in [7, 11) is 0. The highest BCUT2D eigenvalue weighted by molar-refractivity contribution is 6.05. The summed E-state index contributed by atoms with van der Waals surface area (Å²) in [6, 6.07) is 18.2. The molecule has 3 amide bonds. The van der Waals surface area contributed by atoms with Crippen LogP contribution >= 0.6 is 0 Å². The summed E-state index contributed by atoms with van der Waals surface area (Å²) >= 11 is 0. The molecule has 0 aromatic heterocycles. The first-order valence-corrected chi connectivity index (χ1v) is 13.0. The minimum atomic E-state index is -1.37. The maximum absolute atomic E-state index is 14.2. The summed E-state index contributed by atoms with van der Waals surface area (Å²) in [4.78, 5) is 42.9. The second kappa shape index (κ2) is 11.7. The van der Waals surface area contributed by atoms with Crippen molar-refractivity contribution in [1.82, 2.24) is 15.5 Å². The number of hydrogen-bond acceptors (Lipinski definition) is 3. The molecule has 2 aromatic carbocycles. The second-order valence-electron chi connectivity index (χ2n) is 11.4. The van der Waals surface area contributed by atoms with Crippen LogP contribution in [0.15, 0.2) is 60.7 Å². The van der Waals surface area contributed by atoms with Gasteiger partial charge in [-0.25, -0.2) is 0 Å². The maximum Gasteiger partial charge on any atom is 0.247 e. The molecule has 0 saturated heterocycles. The Hall–Kier alpha value is -3.15. The van der Waals surface area contributed by atoms with Gasteiger partial charge in [-0.15, -0.1) is 0 Å². The molecule has 0 radical (unpaired) electrons. The van der Waals surface area contributed by atoms with E-state index in [1.165, 1.54) is 6.42 Å². The van der Waals surface area contributed by atoms with Gasteiger partial charge in [0.05, 0.1) is 0 Å². The molecule has 2 N–H and O–H groups in total. The molecule has 1 fully saturated rings. The van der Waals surface area contributed by atoms with E-state index in [0.717, 1.165) is 36.8 Å². The van der Waals surface area contributed by atoms with Gasteiger partial charge in [-0.3, -0.25) is 14.4 Å². The number of carbonyl (C=O) groups is 3. The van der Waals surface area contributed by atoms with Crippen LogP contribution in [-0.4, -0.2) is 34.2 Å². The van der Waals surface area contributed by atoms with Crippen molar-refractivity contribution in [3.63, 3.8) is 0 Å². The van der Waals surface area contributed by atoms with Gasteiger partial charge in [-0.05, 0) is 58.6 Å². The zero-order valence-corrected chi connectivity index (χ0v) is 22.3. The molecule has 3 rings (SSSR count). The second-order valence-corrected chi connectivity index (χ2v) is 11.4. The number of nitrogens with one attached hydrogen (secondary N) is 2. The van der Waals surface area contributed by atoms with Crippen LogP contribution in [0.5, 0.6) is 0 Å². The fourth-order valence-corrected chi connectivity index (χ4v) is 4.65. The highest BCUT2D eigenvalue weighted by Crippen LogP contribution is 2.31. The Morgan fingerprint density at radius 2 is 1.42 bits per heavy atom. The molecule has 2 aromatic rings. The molecule has 6 heteroatoms. The minimum absolute atomic E-state index is 0.100. The van der Waals surface area contributed by atoms with Crippen molar-refractivity contribution in [2.75, 3.05) is 0 Å². The van der Waals surface area contributed by atoms with E-state index in [-0.39, 0.29) is 30.3 Å². The van der Waals surface area contributed by atoms with Crippen molar-refractivity contribution in [2.45, 2.75) is 90.9 Å². The molecule has 1 aliphatic carbocycles. The van der Waals surface area contributed by atoms with Crippen LogP contribution in [0.3, 0.4) is 0 Å². The van der Waals surface area contributed by atoms with Gasteiger partial charge in [0.2, 0.25) is 17.7 Å². The lowest BCUT2D eigenvalue weighted by Crippen LogP contribution is -2.56. The first kappa shape index (κ1) is 27.4. The van der Waals surface area contributed by atoms with Crippen molar-refractivity contribution >= 4 is 17.7 Å². The smallest absolute Gasteiger partial charge is 0.247 e. The van der Waals surface area contributed by atoms with Gasteiger partial charge in [0.15, 0.2) is 0 Å². The lowest BCUT2D eigenvalue weighted by molar-refractivity contribution is -0.154. The summed E-state index contributed by atoms with van der Waals surface area (Å²) < 4.78 is 0. The van der Waals surface area contributed by atoms with Gasteiger partial charge in [-0.1, -0.05) is 79.9 Å². The largest absolute Gasteiger partial charge is 0.351 e. The van der Waals surface area contributed by atoms with Crippen molar-refractivity contribution in [3.8, 4) is 0 Å². The molecule has 36 heavy (non-hydrogen) atoms. The molecule has 0 heterocycles. The van der Waals surface area contributed by atoms with Crippen LogP contribution in [-0.2, 0) is 20.9 Å². The number of benzene rings is 2. The summed E-state index contributed by atoms with van der Waals surface area (Å²) in [5.41, 5.74) is -0.248. The Labute approximate surface area is 215 Å². The van der Waals surface area contributed by atoms with Crippen LogP contribution in [0, 0.1) is 5.41 Å². The SMILES string of the molecule is CC(C)(C)NC(=O)C(C)(C)C(=O)N(Cc1ccccc1)C(C(=O)NC1CCCCC1)c1ccccc1. The number of nitrogens with zero attached hydrogens (tertiary/aromatic N) is 1. The molecule has 0 spiro atoms. The highest BCUT2D eigenvalue weighted by atomic mass is 16.2. The minimum Gasteiger partial charge on any atom is -0.351 e. The molecule has 6 nitrogen and oxygen atoms in total. The molecule has 1 saturated carbocycles. The number of hydrogen-bond donors (Lipinski definition) is 2. The van der Waals surface area contributed by atoms with E-state index in [1.807, 2.05) is 81.4 Å². The van der Waals surface area contributed by atoms with Crippen LogP contribution in [0.25, 0.3) is 0 Å². The molecular formula is C30H41N3O3. The Bertz CT molecular complexity index is 1020. The topological polar surface area (TPSA) is 78.5 Å². The third-order valence-corrected chi connectivity index (χ3v) is 6.67. The summed E-state index contributed by atoms with van der Waals surface area (Å²) in [6.07, 6.45) is 5.25. The lowest BCUT2D eigenvalue weighted by Gasteiger charge is -2.38. The predicted molar refractivity (Wildman–Crippen MR) is 143 cm³/mol. The molecule has 1 atom stereocenters. The van der Waals surface area contributed by atoms with Gasteiger partial charge in [0.1, 0.15) is 11.5 Å². The van der Waals surface area contributed by atoms with E-state index in [4.69, 9.17) is 0 Å². The third kappa shape index (κ3) is 7.19. The highest BCUT2D eigenvalue weighted by Gasteiger charge is 2.44. The van der Waals surface area contributed by atoms with Gasteiger partial charge in [-0.2, -0.15) is 0 Å². The van der Waals surface area contributed by atoms with E-state index >= 15 is 0 Å². The lowest BCUT2D eigenvalue weighted by atomic mass is 9.87. The van der Waals surface area contributed by atoms with Crippen molar-refractivity contribution in [2.24, 2.45) is 5.41 Å². The molecule has 0 bridgehead atoms. The van der Waals surface area contributed by atoms with Gasteiger partial charge in [0.25, 0.3) is 0 Å². The van der Waals surface area contributed by atoms with Crippen LogP contribution in [0.4, 0.5) is 0 Å². The van der Waals surface area contributed by atoms with Crippen LogP contribution < -0.4 is 10.6 Å². The Balaban J connectivity index is 2.02. The van der Waals surface area contributed by atoms with E-state index in [1.54, 1.807) is 18.7 Å². The van der Waals surface area contributed by atoms with Gasteiger partial charge in [0, 0.05) is 18.1 Å². The zero-order chi connectivity index (χ0) is 26.3. The average Bonchev–Trinajstić information content (AvgIpc) is 2.84. The first-order chi connectivity index (χ1) is 17.0. The van der Waals surface area contributed by atoms with Crippen LogP contribution in [0.1, 0.15) is 83.9 Å². The number of rotatable bonds is 8. The number of amides is 3.